The van der Waals surface area contributed by atoms with Crippen LogP contribution in [0.15, 0.2) is 30.3 Å². The van der Waals surface area contributed by atoms with Crippen LogP contribution in [0, 0.1) is 23.2 Å². The number of likely N-dealkylation sites (tertiary alicyclic amines) is 1. The second-order valence-electron chi connectivity index (χ2n) is 19.0. The van der Waals surface area contributed by atoms with E-state index in [0.717, 1.165) is 18.4 Å². The number of likely N-dealkylation sites (N-methyl/N-ethyl adjacent to an activating group) is 2. The van der Waals surface area contributed by atoms with Crippen molar-refractivity contribution in [3.8, 4) is 0 Å². The Morgan fingerprint density at radius 1 is 0.862 bits per heavy atom. The number of methoxy groups -OCH3 is 2. The zero-order chi connectivity index (χ0) is 44.3. The van der Waals surface area contributed by atoms with Crippen LogP contribution in [0.5, 0.6) is 0 Å². The van der Waals surface area contributed by atoms with E-state index in [9.17, 15) is 24.0 Å². The van der Waals surface area contributed by atoms with E-state index < -0.39 is 47.8 Å². The van der Waals surface area contributed by atoms with Gasteiger partial charge in [0.25, 0.3) is 0 Å². The Morgan fingerprint density at radius 3 is 1.95 bits per heavy atom. The SMILES string of the molecule is CC[C@H](C)[C@@H]([C@@H](CC(=O)N1CCC[C@H]1[C@H](OC)[C@@H](C)C(=O)N[C@@H](Cc1ccccc1)C(=O)NC(C)(C)C)OC)N(C)C(=O)[C@@H](NC(=O)[C@@H](N(C)C)C(C)(C)C)C(C)C. The topological polar surface area (TPSA) is 150 Å². The smallest absolute Gasteiger partial charge is 0.245 e. The summed E-state index contributed by atoms with van der Waals surface area (Å²) < 4.78 is 12.1. The van der Waals surface area contributed by atoms with Gasteiger partial charge in [-0.2, -0.15) is 0 Å². The third-order valence-corrected chi connectivity index (χ3v) is 11.5. The number of ether oxygens (including phenoxy) is 2. The highest BCUT2D eigenvalue weighted by Gasteiger charge is 2.44. The molecule has 1 aliphatic rings. The molecule has 0 bridgehead atoms. The van der Waals surface area contributed by atoms with Crippen molar-refractivity contribution in [1.82, 2.24) is 30.7 Å². The van der Waals surface area contributed by atoms with Crippen molar-refractivity contribution in [3.05, 3.63) is 35.9 Å². The van der Waals surface area contributed by atoms with Crippen LogP contribution in [0.1, 0.15) is 107 Å². The van der Waals surface area contributed by atoms with E-state index in [0.29, 0.717) is 19.4 Å². The highest BCUT2D eigenvalue weighted by atomic mass is 16.5. The molecule has 0 spiro atoms. The molecule has 13 nitrogen and oxygen atoms in total. The Bertz CT molecular complexity index is 1490. The summed E-state index contributed by atoms with van der Waals surface area (Å²) >= 11 is 0. The van der Waals surface area contributed by atoms with Gasteiger partial charge in [0, 0.05) is 39.8 Å². The summed E-state index contributed by atoms with van der Waals surface area (Å²) in [5, 5.41) is 9.06. The second kappa shape index (κ2) is 22.2. The molecule has 1 saturated heterocycles. The zero-order valence-corrected chi connectivity index (χ0v) is 38.6. The third kappa shape index (κ3) is 14.0. The van der Waals surface area contributed by atoms with Gasteiger partial charge in [0.1, 0.15) is 12.1 Å². The van der Waals surface area contributed by atoms with Crippen LogP contribution in [0.3, 0.4) is 0 Å². The quantitative estimate of drug-likeness (QED) is 0.172. The molecular weight excluding hydrogens is 737 g/mol. The Labute approximate surface area is 350 Å². The fourth-order valence-corrected chi connectivity index (χ4v) is 8.49. The maximum absolute atomic E-state index is 14.4. The van der Waals surface area contributed by atoms with E-state index in [-0.39, 0.29) is 59.2 Å². The maximum atomic E-state index is 14.4. The second-order valence-corrected chi connectivity index (χ2v) is 19.0. The lowest BCUT2D eigenvalue weighted by atomic mass is 9.85. The largest absolute Gasteiger partial charge is 0.379 e. The first-order chi connectivity index (χ1) is 26.9. The van der Waals surface area contributed by atoms with Gasteiger partial charge in [0.05, 0.1) is 42.7 Å². The summed E-state index contributed by atoms with van der Waals surface area (Å²) in [6, 6.07) is 6.64. The van der Waals surface area contributed by atoms with Gasteiger partial charge in [-0.05, 0) is 70.5 Å². The van der Waals surface area contributed by atoms with E-state index in [4.69, 9.17) is 9.47 Å². The number of rotatable bonds is 20. The summed E-state index contributed by atoms with van der Waals surface area (Å²) in [7, 11) is 8.56. The first-order valence-electron chi connectivity index (χ1n) is 21.1. The molecule has 0 aliphatic carbocycles. The highest BCUT2D eigenvalue weighted by molar-refractivity contribution is 5.91. The van der Waals surface area contributed by atoms with Gasteiger partial charge in [-0.1, -0.05) is 92.1 Å². The lowest BCUT2D eigenvalue weighted by molar-refractivity contribution is -0.148. The van der Waals surface area contributed by atoms with Crippen LogP contribution in [-0.4, -0.2) is 134 Å². The molecule has 1 aromatic carbocycles. The zero-order valence-electron chi connectivity index (χ0n) is 38.6. The molecule has 13 heteroatoms. The van der Waals surface area contributed by atoms with Crippen molar-refractivity contribution in [3.63, 3.8) is 0 Å². The number of benzene rings is 1. The van der Waals surface area contributed by atoms with Gasteiger partial charge in [-0.15, -0.1) is 0 Å². The number of nitrogens with zero attached hydrogens (tertiary/aromatic N) is 3. The fraction of sp³-hybridized carbons (Fsp3) is 0.756. The summed E-state index contributed by atoms with van der Waals surface area (Å²) in [6.07, 6.45) is 1.14. The van der Waals surface area contributed by atoms with Crippen LogP contribution in [-0.2, 0) is 39.9 Å². The highest BCUT2D eigenvalue weighted by Crippen LogP contribution is 2.30. The van der Waals surface area contributed by atoms with Crippen molar-refractivity contribution in [2.45, 2.75) is 156 Å². The van der Waals surface area contributed by atoms with Crippen molar-refractivity contribution in [2.75, 3.05) is 41.9 Å². The molecule has 330 valence electrons. The van der Waals surface area contributed by atoms with E-state index in [2.05, 4.69) is 16.0 Å². The summed E-state index contributed by atoms with van der Waals surface area (Å²) in [5.41, 5.74) is 0.0557. The normalized spacial score (nSPS) is 19.1. The van der Waals surface area contributed by atoms with E-state index >= 15 is 0 Å². The van der Waals surface area contributed by atoms with Gasteiger partial charge in [-0.3, -0.25) is 28.9 Å². The molecule has 0 saturated carbocycles. The molecule has 1 fully saturated rings. The average Bonchev–Trinajstić information content (AvgIpc) is 3.61. The minimum Gasteiger partial charge on any atom is -0.379 e. The molecule has 0 aromatic heterocycles. The van der Waals surface area contributed by atoms with Crippen molar-refractivity contribution in [2.24, 2.45) is 23.2 Å². The molecule has 9 atom stereocenters. The van der Waals surface area contributed by atoms with Gasteiger partial charge >= 0.3 is 0 Å². The molecule has 0 unspecified atom stereocenters. The first kappa shape index (κ1) is 50.6. The number of amides is 5. The van der Waals surface area contributed by atoms with Crippen LogP contribution < -0.4 is 16.0 Å². The van der Waals surface area contributed by atoms with E-state index in [1.807, 2.05) is 119 Å². The van der Waals surface area contributed by atoms with Gasteiger partial charge < -0.3 is 35.2 Å². The van der Waals surface area contributed by atoms with Gasteiger partial charge in [0.15, 0.2) is 0 Å². The van der Waals surface area contributed by atoms with Crippen LogP contribution in [0.4, 0.5) is 0 Å². The molecule has 2 rings (SSSR count). The molecule has 1 aliphatic heterocycles. The Balaban J connectivity index is 2.33. The molecule has 1 aromatic rings. The standard InChI is InChI=1S/C45H78N6O7/c1-17-29(4)37(50(14)43(56)36(28(2)3)47-42(55)39(49(12)13)44(6,7)8)34(57-15)27-35(52)51-25-21-24-33(51)38(58-16)30(5)40(53)46-32(41(54)48-45(9,10)11)26-31-22-19-18-20-23-31/h18-20,22-23,28-30,32-34,36-39H,17,21,24-27H2,1-16H3,(H,46,53)(H,47,55)(H,48,54)/t29-,30+,32-,33-,34+,36-,37-,38+,39+/m0/s1. The fourth-order valence-electron chi connectivity index (χ4n) is 8.49. The van der Waals surface area contributed by atoms with Gasteiger partial charge in [0.2, 0.25) is 29.5 Å². The number of carbonyl (C=O) groups excluding carboxylic acids is 5. The predicted octanol–water partition coefficient (Wildman–Crippen LogP) is 4.67. The van der Waals surface area contributed by atoms with Crippen LogP contribution >= 0.6 is 0 Å². The molecule has 1 heterocycles. The molecule has 5 amide bonds. The minimum atomic E-state index is -0.813. The maximum Gasteiger partial charge on any atom is 0.245 e. The monoisotopic (exact) mass is 815 g/mol. The first-order valence-corrected chi connectivity index (χ1v) is 21.1. The number of nitrogens with one attached hydrogen (secondary N) is 3. The third-order valence-electron chi connectivity index (χ3n) is 11.5. The van der Waals surface area contributed by atoms with Crippen molar-refractivity contribution in [1.29, 1.82) is 0 Å². The number of hydrogen-bond donors (Lipinski definition) is 3. The lowest BCUT2D eigenvalue weighted by Gasteiger charge is -2.41. The Hall–Kier alpha value is -3.55. The Morgan fingerprint density at radius 2 is 1.47 bits per heavy atom. The van der Waals surface area contributed by atoms with Crippen molar-refractivity contribution < 1.29 is 33.4 Å². The van der Waals surface area contributed by atoms with Crippen LogP contribution in [0.25, 0.3) is 0 Å². The summed E-state index contributed by atoms with van der Waals surface area (Å²) in [4.78, 5) is 75.1. The molecular formula is C45H78N6O7. The molecule has 58 heavy (non-hydrogen) atoms. The van der Waals surface area contributed by atoms with Gasteiger partial charge in [-0.25, -0.2) is 0 Å². The lowest BCUT2D eigenvalue weighted by Crippen LogP contribution is -2.60. The predicted molar refractivity (Wildman–Crippen MR) is 230 cm³/mol. The molecule has 0 radical (unpaired) electrons. The Kier molecular flexibility index (Phi) is 19.3. The minimum absolute atomic E-state index is 0.00813. The number of hydrogen-bond acceptors (Lipinski definition) is 8. The number of carbonyl (C=O) groups is 5. The average molecular weight is 815 g/mol. The van der Waals surface area contributed by atoms with E-state index in [1.165, 1.54) is 0 Å². The van der Waals surface area contributed by atoms with Crippen molar-refractivity contribution >= 4 is 29.5 Å². The summed E-state index contributed by atoms with van der Waals surface area (Å²) in [6.45, 7) is 21.9. The van der Waals surface area contributed by atoms with E-state index in [1.54, 1.807) is 38.0 Å². The van der Waals surface area contributed by atoms with Crippen LogP contribution in [0.2, 0.25) is 0 Å². The summed E-state index contributed by atoms with van der Waals surface area (Å²) in [5.74, 6) is -2.15. The molecule has 3 N–H and O–H groups in total.